The zero-order valence-electron chi connectivity index (χ0n) is 20.5. The number of rotatable bonds is 7. The summed E-state index contributed by atoms with van der Waals surface area (Å²) in [6.07, 6.45) is -2.30. The highest BCUT2D eigenvalue weighted by Gasteiger charge is 2.46. The third-order valence-electron chi connectivity index (χ3n) is 3.88. The minimum Gasteiger partial charge on any atom is -0.481 e. The average molecular weight is 461 g/mol. The summed E-state index contributed by atoms with van der Waals surface area (Å²) >= 11 is 0. The predicted octanol–water partition coefficient (Wildman–Crippen LogP) is 2.75. The molecule has 0 aliphatic heterocycles. The molecule has 0 heterocycles. The van der Waals surface area contributed by atoms with Crippen LogP contribution in [0.1, 0.15) is 75.7 Å². The van der Waals surface area contributed by atoms with Gasteiger partial charge in [-0.15, -0.1) is 0 Å². The van der Waals surface area contributed by atoms with Gasteiger partial charge in [0, 0.05) is 0 Å². The zero-order valence-corrected chi connectivity index (χ0v) is 20.5. The number of amides is 2. The topological polar surface area (TPSA) is 157 Å². The van der Waals surface area contributed by atoms with Gasteiger partial charge >= 0.3 is 30.1 Å². The Bertz CT molecular complexity index is 747. The second kappa shape index (κ2) is 10.2. The van der Waals surface area contributed by atoms with Crippen LogP contribution in [0.5, 0.6) is 0 Å². The van der Waals surface area contributed by atoms with E-state index in [1.165, 1.54) is 27.7 Å². The lowest BCUT2D eigenvalue weighted by Gasteiger charge is -2.34. The van der Waals surface area contributed by atoms with E-state index in [1.54, 1.807) is 41.5 Å². The summed E-state index contributed by atoms with van der Waals surface area (Å²) in [5.74, 6) is -3.56. The lowest BCUT2D eigenvalue weighted by atomic mass is 9.79. The Hall–Kier alpha value is -2.85. The highest BCUT2D eigenvalue weighted by Crippen LogP contribution is 2.30. The van der Waals surface area contributed by atoms with Crippen molar-refractivity contribution in [1.82, 2.24) is 10.6 Å². The molecular formula is C21H36N2O9. The minimum absolute atomic E-state index is 0.408. The van der Waals surface area contributed by atoms with E-state index in [2.05, 4.69) is 10.6 Å². The molecule has 0 rings (SSSR count). The molecule has 184 valence electrons. The third kappa shape index (κ3) is 10.5. The monoisotopic (exact) mass is 460 g/mol. The van der Waals surface area contributed by atoms with Crippen LogP contribution in [-0.2, 0) is 28.6 Å². The Morgan fingerprint density at radius 2 is 1.25 bits per heavy atom. The Morgan fingerprint density at radius 1 is 0.812 bits per heavy atom. The number of ether oxygens (including phenoxy) is 3. The van der Waals surface area contributed by atoms with Gasteiger partial charge in [0.15, 0.2) is 0 Å². The number of nitrogens with one attached hydrogen (secondary N) is 2. The molecule has 0 spiro atoms. The molecule has 2 atom stereocenters. The van der Waals surface area contributed by atoms with E-state index in [-0.39, 0.29) is 0 Å². The van der Waals surface area contributed by atoms with Crippen molar-refractivity contribution in [3.05, 3.63) is 0 Å². The van der Waals surface area contributed by atoms with Crippen molar-refractivity contribution in [2.75, 3.05) is 0 Å². The van der Waals surface area contributed by atoms with Crippen LogP contribution in [0, 0.1) is 5.41 Å². The number of carbonyl (C=O) groups excluding carboxylic acids is 4. The molecule has 0 aromatic carbocycles. The van der Waals surface area contributed by atoms with Gasteiger partial charge in [0.25, 0.3) is 0 Å². The molecule has 32 heavy (non-hydrogen) atoms. The normalized spacial score (nSPS) is 14.9. The van der Waals surface area contributed by atoms with Gasteiger partial charge in [-0.1, -0.05) is 0 Å². The summed E-state index contributed by atoms with van der Waals surface area (Å²) < 4.78 is 15.0. The summed E-state index contributed by atoms with van der Waals surface area (Å²) in [7, 11) is 0. The van der Waals surface area contributed by atoms with Crippen LogP contribution in [0.4, 0.5) is 9.59 Å². The Morgan fingerprint density at radius 3 is 1.66 bits per heavy atom. The zero-order chi connectivity index (χ0) is 25.7. The number of alkyl carbamates (subject to hydrolysis) is 2. The maximum atomic E-state index is 12.8. The molecule has 3 N–H and O–H groups in total. The first-order chi connectivity index (χ1) is 14.1. The number of carboxylic acids is 1. The SMILES string of the molecule is C[C@H](NC(=O)OC(C)(C)C)C(=O)OC(=O)[C@@](C)(CC(C)(C)C(=O)O)NC(=O)OC(C)(C)C. The van der Waals surface area contributed by atoms with Gasteiger partial charge in [-0.2, -0.15) is 0 Å². The molecule has 0 aliphatic rings. The van der Waals surface area contributed by atoms with Crippen molar-refractivity contribution in [2.24, 2.45) is 5.41 Å². The largest absolute Gasteiger partial charge is 0.481 e. The minimum atomic E-state index is -1.93. The number of hydrogen-bond acceptors (Lipinski definition) is 8. The third-order valence-corrected chi connectivity index (χ3v) is 3.88. The molecule has 0 aromatic rings. The van der Waals surface area contributed by atoms with Gasteiger partial charge in [0.05, 0.1) is 5.41 Å². The fourth-order valence-electron chi connectivity index (χ4n) is 2.49. The van der Waals surface area contributed by atoms with Crippen LogP contribution in [0.25, 0.3) is 0 Å². The molecule has 0 radical (unpaired) electrons. The lowest BCUT2D eigenvalue weighted by molar-refractivity contribution is -0.167. The van der Waals surface area contributed by atoms with Gasteiger partial charge in [-0.25, -0.2) is 19.2 Å². The molecule has 2 amide bonds. The van der Waals surface area contributed by atoms with E-state index < -0.39 is 64.7 Å². The molecule has 0 unspecified atom stereocenters. The summed E-state index contributed by atoms with van der Waals surface area (Å²) in [6.45, 7) is 14.9. The van der Waals surface area contributed by atoms with Gasteiger partial charge in [0.2, 0.25) is 0 Å². The quantitative estimate of drug-likeness (QED) is 0.295. The van der Waals surface area contributed by atoms with E-state index in [1.807, 2.05) is 0 Å². The standard InChI is InChI=1S/C21H36N2O9/c1-12(22-16(28)31-18(2,3)4)13(24)30-15(27)21(10,11-20(8,9)14(25)26)23-17(29)32-19(5,6)7/h12H,11H2,1-10H3,(H,22,28)(H,23,29)(H,25,26)/t12-,21+/m0/s1. The Balaban J connectivity index is 5.55. The van der Waals surface area contributed by atoms with E-state index in [9.17, 15) is 29.1 Å². The first-order valence-corrected chi connectivity index (χ1v) is 10.1. The van der Waals surface area contributed by atoms with E-state index in [0.29, 0.717) is 0 Å². The second-order valence-electron chi connectivity index (χ2n) is 10.4. The highest BCUT2D eigenvalue weighted by molar-refractivity contribution is 5.96. The Kier molecular flexibility index (Phi) is 9.27. The summed E-state index contributed by atoms with van der Waals surface area (Å²) in [5, 5.41) is 14.0. The van der Waals surface area contributed by atoms with Crippen LogP contribution in [0.2, 0.25) is 0 Å². The van der Waals surface area contributed by atoms with Crippen molar-refractivity contribution >= 4 is 30.1 Å². The van der Waals surface area contributed by atoms with Crippen molar-refractivity contribution < 1.29 is 43.3 Å². The maximum Gasteiger partial charge on any atom is 0.408 e. The first kappa shape index (κ1) is 29.1. The van der Waals surface area contributed by atoms with Crippen LogP contribution in [0.15, 0.2) is 0 Å². The van der Waals surface area contributed by atoms with E-state index >= 15 is 0 Å². The number of esters is 2. The molecule has 0 aromatic heterocycles. The predicted molar refractivity (Wildman–Crippen MR) is 114 cm³/mol. The molecule has 0 saturated carbocycles. The number of hydrogen-bond donors (Lipinski definition) is 3. The molecule has 11 heteroatoms. The lowest BCUT2D eigenvalue weighted by Crippen LogP contribution is -2.58. The molecule has 0 saturated heterocycles. The molecule has 0 fully saturated rings. The number of aliphatic carboxylic acids is 1. The van der Waals surface area contributed by atoms with Crippen molar-refractivity contribution in [3.63, 3.8) is 0 Å². The van der Waals surface area contributed by atoms with Gasteiger partial charge in [0.1, 0.15) is 22.8 Å². The highest BCUT2D eigenvalue weighted by atomic mass is 16.6. The average Bonchev–Trinajstić information content (AvgIpc) is 2.49. The van der Waals surface area contributed by atoms with Gasteiger partial charge < -0.3 is 30.0 Å². The smallest absolute Gasteiger partial charge is 0.408 e. The van der Waals surface area contributed by atoms with Crippen LogP contribution >= 0.6 is 0 Å². The maximum absolute atomic E-state index is 12.8. The van der Waals surface area contributed by atoms with E-state index in [4.69, 9.17) is 14.2 Å². The summed E-state index contributed by atoms with van der Waals surface area (Å²) in [6, 6.07) is -1.26. The molecule has 0 bridgehead atoms. The molecule has 11 nitrogen and oxygen atoms in total. The van der Waals surface area contributed by atoms with Crippen LogP contribution in [-0.4, -0.2) is 58.0 Å². The molecule has 0 aliphatic carbocycles. The summed E-state index contributed by atoms with van der Waals surface area (Å²) in [4.78, 5) is 60.9. The van der Waals surface area contributed by atoms with Crippen molar-refractivity contribution in [2.45, 2.75) is 98.4 Å². The van der Waals surface area contributed by atoms with Crippen LogP contribution < -0.4 is 10.6 Å². The fraction of sp³-hybridized carbons (Fsp3) is 0.762. The Labute approximate surface area is 188 Å². The fourth-order valence-corrected chi connectivity index (χ4v) is 2.49. The summed E-state index contributed by atoms with van der Waals surface area (Å²) in [5.41, 5.74) is -5.08. The molecular weight excluding hydrogens is 424 g/mol. The van der Waals surface area contributed by atoms with Crippen molar-refractivity contribution in [3.8, 4) is 0 Å². The van der Waals surface area contributed by atoms with Gasteiger partial charge in [-0.3, -0.25) is 4.79 Å². The van der Waals surface area contributed by atoms with Crippen LogP contribution in [0.3, 0.4) is 0 Å². The van der Waals surface area contributed by atoms with Gasteiger partial charge in [-0.05, 0) is 75.7 Å². The second-order valence-corrected chi connectivity index (χ2v) is 10.4. The first-order valence-electron chi connectivity index (χ1n) is 10.1. The van der Waals surface area contributed by atoms with E-state index in [0.717, 1.165) is 0 Å². The number of carboxylic acid groups (broad SMARTS) is 1. The number of carbonyl (C=O) groups is 5. The van der Waals surface area contributed by atoms with Crippen molar-refractivity contribution in [1.29, 1.82) is 0 Å².